The highest BCUT2D eigenvalue weighted by Gasteiger charge is 2.51. The smallest absolute Gasteiger partial charge is 0.399 e. The molecule has 1 aromatic carbocycles. The number of rotatable bonds is 4. The van der Waals surface area contributed by atoms with Crippen molar-refractivity contribution in [1.29, 1.82) is 0 Å². The minimum atomic E-state index is -5.62. The van der Waals surface area contributed by atoms with Gasteiger partial charge in [0.15, 0.2) is 0 Å². The van der Waals surface area contributed by atoms with Crippen molar-refractivity contribution in [2.24, 2.45) is 0 Å². The highest BCUT2D eigenvalue weighted by atomic mass is 79.9. The molecule has 0 aliphatic heterocycles. The predicted molar refractivity (Wildman–Crippen MR) is 65.8 cm³/mol. The van der Waals surface area contributed by atoms with Crippen LogP contribution in [0.5, 0.6) is 0 Å². The topological polar surface area (TPSA) is 83.8 Å². The summed E-state index contributed by atoms with van der Waals surface area (Å²) in [6, 6.07) is 3.23. The Morgan fingerprint density at radius 2 is 2.05 bits per heavy atom. The molecule has 0 aromatic heterocycles. The predicted octanol–water partition coefficient (Wildman–Crippen LogP) is 2.39. The third-order valence-electron chi connectivity index (χ3n) is 2.30. The number of carbonyl (C=O) groups is 1. The maximum Gasteiger partial charge on any atom is 0.399 e. The summed E-state index contributed by atoms with van der Waals surface area (Å²) in [5.41, 5.74) is -4.76. The zero-order valence-corrected chi connectivity index (χ0v) is 12.1. The van der Waals surface area contributed by atoms with Crippen molar-refractivity contribution in [3.63, 3.8) is 0 Å². The maximum atomic E-state index is 13.5. The number of benzene rings is 1. The van der Waals surface area contributed by atoms with Crippen molar-refractivity contribution in [2.75, 3.05) is 7.11 Å². The second-order valence-electron chi connectivity index (χ2n) is 3.65. The van der Waals surface area contributed by atoms with Crippen molar-refractivity contribution in [1.82, 2.24) is 0 Å². The molecule has 1 rings (SSSR count). The molecule has 0 bridgehead atoms. The Labute approximate surface area is 115 Å². The third-order valence-corrected chi connectivity index (χ3v) is 3.93. The lowest BCUT2D eigenvalue weighted by Gasteiger charge is -2.19. The molecule has 9 heteroatoms. The number of hydrogen-bond acceptors (Lipinski definition) is 3. The molecule has 0 heterocycles. The summed E-state index contributed by atoms with van der Waals surface area (Å²) in [4.78, 5) is 28.3. The van der Waals surface area contributed by atoms with Gasteiger partial charge in [0.2, 0.25) is 0 Å². The minimum absolute atomic E-state index is 0.128. The first kappa shape index (κ1) is 16.2. The van der Waals surface area contributed by atoms with Crippen LogP contribution in [0.4, 0.5) is 8.78 Å². The van der Waals surface area contributed by atoms with Gasteiger partial charge in [-0.3, -0.25) is 9.36 Å². The molecule has 0 atom stereocenters. The van der Waals surface area contributed by atoms with E-state index in [4.69, 9.17) is 9.79 Å². The van der Waals surface area contributed by atoms with Crippen molar-refractivity contribution < 1.29 is 32.7 Å². The van der Waals surface area contributed by atoms with E-state index in [-0.39, 0.29) is 10.9 Å². The molecule has 0 aliphatic carbocycles. The number of ether oxygens (including phenoxy) is 1. The van der Waals surface area contributed by atoms with Gasteiger partial charge in [0.1, 0.15) is 0 Å². The van der Waals surface area contributed by atoms with Crippen LogP contribution in [0.25, 0.3) is 0 Å². The fourth-order valence-electron chi connectivity index (χ4n) is 1.31. The molecule has 106 valence electrons. The minimum Gasteiger partial charge on any atom is -0.469 e. The fourth-order valence-corrected chi connectivity index (χ4v) is 2.65. The average molecular weight is 359 g/mol. The van der Waals surface area contributed by atoms with Gasteiger partial charge in [-0.15, -0.1) is 0 Å². The van der Waals surface area contributed by atoms with Gasteiger partial charge < -0.3 is 14.5 Å². The average Bonchev–Trinajstić information content (AvgIpc) is 2.27. The molecule has 0 spiro atoms. The first-order valence-electron chi connectivity index (χ1n) is 4.88. The molecule has 0 amide bonds. The monoisotopic (exact) mass is 358 g/mol. The number of methoxy groups -OCH3 is 1. The molecular weight excluding hydrogens is 349 g/mol. The highest BCUT2D eigenvalue weighted by molar-refractivity contribution is 9.10. The van der Waals surface area contributed by atoms with Crippen LogP contribution in [0.1, 0.15) is 11.1 Å². The van der Waals surface area contributed by atoms with Gasteiger partial charge in [-0.2, -0.15) is 8.78 Å². The Hall–Kier alpha value is -0.820. The maximum absolute atomic E-state index is 13.5. The second-order valence-corrected chi connectivity index (χ2v) is 6.16. The van der Waals surface area contributed by atoms with Gasteiger partial charge in [0, 0.05) is 10.0 Å². The lowest BCUT2D eigenvalue weighted by molar-refractivity contribution is -0.139. The Kier molecular flexibility index (Phi) is 4.84. The zero-order valence-electron chi connectivity index (χ0n) is 9.64. The largest absolute Gasteiger partial charge is 0.469 e. The standard InChI is InChI=1S/C10H10BrF2O5P/c1-18-9(14)5-6-2-3-7(8(11)4-6)10(12,13)19(15,16)17/h2-4H,5H2,1H3,(H2,15,16,17). The number of carbonyl (C=O) groups excluding carboxylic acids is 1. The van der Waals surface area contributed by atoms with E-state index in [1.807, 2.05) is 0 Å². The number of hydrogen-bond donors (Lipinski definition) is 2. The summed E-state index contributed by atoms with van der Waals surface area (Å²) in [6.07, 6.45) is -0.128. The first-order chi connectivity index (χ1) is 8.59. The van der Waals surface area contributed by atoms with Crippen LogP contribution in [0.2, 0.25) is 0 Å². The lowest BCUT2D eigenvalue weighted by atomic mass is 10.1. The third kappa shape index (κ3) is 3.60. The molecule has 2 N–H and O–H groups in total. The second kappa shape index (κ2) is 5.66. The van der Waals surface area contributed by atoms with E-state index in [0.717, 1.165) is 6.07 Å². The van der Waals surface area contributed by atoms with Gasteiger partial charge in [-0.1, -0.05) is 28.1 Å². The summed E-state index contributed by atoms with van der Waals surface area (Å²) < 4.78 is 42.0. The zero-order chi connectivity index (χ0) is 14.8. The van der Waals surface area contributed by atoms with Crippen molar-refractivity contribution in [3.8, 4) is 0 Å². The molecule has 0 saturated heterocycles. The highest BCUT2D eigenvalue weighted by Crippen LogP contribution is 2.60. The van der Waals surface area contributed by atoms with Crippen LogP contribution >= 0.6 is 23.5 Å². The number of esters is 1. The summed E-state index contributed by atoms with van der Waals surface area (Å²) in [5, 5.41) is 0. The van der Waals surface area contributed by atoms with E-state index >= 15 is 0 Å². The van der Waals surface area contributed by atoms with E-state index in [0.29, 0.717) is 5.56 Å². The quantitative estimate of drug-likeness (QED) is 0.637. The van der Waals surface area contributed by atoms with Crippen LogP contribution in [-0.4, -0.2) is 22.9 Å². The van der Waals surface area contributed by atoms with Crippen LogP contribution in [0.3, 0.4) is 0 Å². The normalized spacial score (nSPS) is 12.3. The Balaban J connectivity index is 3.15. The van der Waals surface area contributed by atoms with Crippen LogP contribution in [-0.2, 0) is 26.2 Å². The van der Waals surface area contributed by atoms with E-state index in [9.17, 15) is 18.1 Å². The molecule has 1 aromatic rings. The van der Waals surface area contributed by atoms with Crippen molar-refractivity contribution >= 4 is 29.5 Å². The van der Waals surface area contributed by atoms with Crippen LogP contribution in [0, 0.1) is 0 Å². The van der Waals surface area contributed by atoms with Gasteiger partial charge in [-0.25, -0.2) is 0 Å². The summed E-state index contributed by atoms with van der Waals surface area (Å²) in [7, 11) is -4.43. The Morgan fingerprint density at radius 1 is 1.47 bits per heavy atom. The van der Waals surface area contributed by atoms with Gasteiger partial charge in [0.05, 0.1) is 13.5 Å². The van der Waals surface area contributed by atoms with E-state index in [1.165, 1.54) is 19.2 Å². The molecule has 0 fully saturated rings. The molecule has 0 saturated carbocycles. The number of alkyl halides is 2. The molecular formula is C10H10BrF2O5P. The molecule has 5 nitrogen and oxygen atoms in total. The summed E-state index contributed by atoms with van der Waals surface area (Å²) in [5.74, 6) is -0.554. The molecule has 0 aliphatic rings. The molecule has 0 unspecified atom stereocenters. The van der Waals surface area contributed by atoms with Crippen LogP contribution < -0.4 is 0 Å². The van der Waals surface area contributed by atoms with E-state index < -0.39 is 24.8 Å². The first-order valence-corrected chi connectivity index (χ1v) is 7.29. The van der Waals surface area contributed by atoms with Crippen LogP contribution in [0.15, 0.2) is 22.7 Å². The van der Waals surface area contributed by atoms with Gasteiger partial charge in [0.25, 0.3) is 0 Å². The summed E-state index contributed by atoms with van der Waals surface area (Å²) >= 11 is 2.81. The Bertz CT molecular complexity index is 543. The SMILES string of the molecule is COC(=O)Cc1ccc(C(F)(F)P(=O)(O)O)c(Br)c1. The van der Waals surface area contributed by atoms with Crippen molar-refractivity contribution in [2.45, 2.75) is 12.1 Å². The van der Waals surface area contributed by atoms with Gasteiger partial charge >= 0.3 is 19.2 Å². The molecule has 0 radical (unpaired) electrons. The molecule has 19 heavy (non-hydrogen) atoms. The Morgan fingerprint density at radius 3 is 2.47 bits per heavy atom. The van der Waals surface area contributed by atoms with E-state index in [2.05, 4.69) is 20.7 Å². The summed E-state index contributed by atoms with van der Waals surface area (Å²) in [6.45, 7) is 0. The fraction of sp³-hybridized carbons (Fsp3) is 0.300. The van der Waals surface area contributed by atoms with E-state index in [1.54, 1.807) is 0 Å². The lowest BCUT2D eigenvalue weighted by Crippen LogP contribution is -2.15. The van der Waals surface area contributed by atoms with Crippen molar-refractivity contribution in [3.05, 3.63) is 33.8 Å². The van der Waals surface area contributed by atoms with Gasteiger partial charge in [-0.05, 0) is 11.6 Å². The number of halogens is 3.